The number of nitrogens with one attached hydrogen (secondary N) is 1. The molecule has 1 aromatic heterocycles. The number of hydrogen-bond acceptors (Lipinski definition) is 3. The van der Waals surface area contributed by atoms with E-state index in [0.717, 1.165) is 11.0 Å². The van der Waals surface area contributed by atoms with Gasteiger partial charge in [0.25, 0.3) is 5.91 Å². The molecule has 0 aliphatic carbocycles. The van der Waals surface area contributed by atoms with E-state index in [4.69, 9.17) is 0 Å². The van der Waals surface area contributed by atoms with Gasteiger partial charge in [-0.05, 0) is 54.5 Å². The average Bonchev–Trinajstić information content (AvgIpc) is 2.34. The number of rotatable bonds is 6. The summed E-state index contributed by atoms with van der Waals surface area (Å²) in [6.45, 7) is 5.04. The molecule has 1 N–H and O–H groups in total. The van der Waals surface area contributed by atoms with Gasteiger partial charge in [-0.25, -0.2) is 4.98 Å². The van der Waals surface area contributed by atoms with Crippen LogP contribution in [0.25, 0.3) is 0 Å². The van der Waals surface area contributed by atoms with E-state index in [0.29, 0.717) is 24.1 Å². The van der Waals surface area contributed by atoms with Crippen molar-refractivity contribution in [2.24, 2.45) is 5.92 Å². The maximum atomic E-state index is 12.0. The molecular formula is C14H22BrN3O. The molecule has 1 aromatic rings. The standard InChI is InChI=1S/C14H22BrN3O/c1-10(2)7-12(18(3)4)9-17-14(19)11-5-6-13(15)16-8-11/h5-6,8,10,12H,7,9H2,1-4H3,(H,17,19). The predicted molar refractivity (Wildman–Crippen MR) is 81.2 cm³/mol. The maximum Gasteiger partial charge on any atom is 0.252 e. The first-order chi connectivity index (χ1) is 8.90. The molecule has 1 atom stereocenters. The number of aromatic nitrogens is 1. The molecule has 106 valence electrons. The average molecular weight is 328 g/mol. The van der Waals surface area contributed by atoms with Gasteiger partial charge in [0, 0.05) is 18.8 Å². The summed E-state index contributed by atoms with van der Waals surface area (Å²) in [5.74, 6) is 0.536. The van der Waals surface area contributed by atoms with Crippen molar-refractivity contribution in [2.45, 2.75) is 26.3 Å². The second kappa shape index (κ2) is 7.60. The zero-order valence-electron chi connectivity index (χ0n) is 12.0. The highest BCUT2D eigenvalue weighted by atomic mass is 79.9. The van der Waals surface area contributed by atoms with Crippen LogP contribution in [-0.4, -0.2) is 42.5 Å². The lowest BCUT2D eigenvalue weighted by Crippen LogP contribution is -2.41. The number of pyridine rings is 1. The monoisotopic (exact) mass is 327 g/mol. The van der Waals surface area contributed by atoms with Crippen molar-refractivity contribution in [2.75, 3.05) is 20.6 Å². The maximum absolute atomic E-state index is 12.0. The van der Waals surface area contributed by atoms with Gasteiger partial charge in [-0.15, -0.1) is 0 Å². The lowest BCUT2D eigenvalue weighted by atomic mass is 10.0. The minimum atomic E-state index is -0.0735. The third-order valence-electron chi connectivity index (χ3n) is 2.96. The molecule has 0 aliphatic rings. The Hall–Kier alpha value is -0.940. The van der Waals surface area contributed by atoms with Gasteiger partial charge in [-0.1, -0.05) is 13.8 Å². The number of carbonyl (C=O) groups is 1. The minimum absolute atomic E-state index is 0.0735. The topological polar surface area (TPSA) is 45.2 Å². The first-order valence-electron chi connectivity index (χ1n) is 6.46. The Bertz CT molecular complexity index is 404. The Morgan fingerprint density at radius 1 is 1.42 bits per heavy atom. The summed E-state index contributed by atoms with van der Waals surface area (Å²) >= 11 is 3.25. The van der Waals surface area contributed by atoms with Crippen molar-refractivity contribution < 1.29 is 4.79 Å². The van der Waals surface area contributed by atoms with Crippen molar-refractivity contribution in [3.05, 3.63) is 28.5 Å². The van der Waals surface area contributed by atoms with Crippen molar-refractivity contribution >= 4 is 21.8 Å². The zero-order chi connectivity index (χ0) is 14.4. The minimum Gasteiger partial charge on any atom is -0.350 e. The summed E-state index contributed by atoms with van der Waals surface area (Å²) in [6, 6.07) is 3.89. The van der Waals surface area contributed by atoms with Crippen LogP contribution >= 0.6 is 15.9 Å². The molecule has 1 unspecified atom stereocenters. The van der Waals surface area contributed by atoms with Crippen molar-refractivity contribution in [3.8, 4) is 0 Å². The Morgan fingerprint density at radius 3 is 2.58 bits per heavy atom. The van der Waals surface area contributed by atoms with E-state index in [-0.39, 0.29) is 5.91 Å². The second-order valence-corrected chi connectivity index (χ2v) is 6.14. The van der Waals surface area contributed by atoms with Crippen LogP contribution in [0.2, 0.25) is 0 Å². The fourth-order valence-corrected chi connectivity index (χ4v) is 2.08. The second-order valence-electron chi connectivity index (χ2n) is 5.33. The van der Waals surface area contributed by atoms with Gasteiger partial charge < -0.3 is 10.2 Å². The quantitative estimate of drug-likeness (QED) is 0.817. The van der Waals surface area contributed by atoms with Crippen molar-refractivity contribution in [3.63, 3.8) is 0 Å². The fourth-order valence-electron chi connectivity index (χ4n) is 1.84. The first kappa shape index (κ1) is 16.1. The fraction of sp³-hybridized carbons (Fsp3) is 0.571. The van der Waals surface area contributed by atoms with Crippen LogP contribution in [0.1, 0.15) is 30.6 Å². The number of hydrogen-bond donors (Lipinski definition) is 1. The van der Waals surface area contributed by atoms with Gasteiger partial charge in [-0.2, -0.15) is 0 Å². The van der Waals surface area contributed by atoms with Gasteiger partial charge in [0.2, 0.25) is 0 Å². The van der Waals surface area contributed by atoms with Crippen LogP contribution in [0.5, 0.6) is 0 Å². The van der Waals surface area contributed by atoms with Crippen LogP contribution < -0.4 is 5.32 Å². The van der Waals surface area contributed by atoms with E-state index in [2.05, 4.69) is 45.0 Å². The van der Waals surface area contributed by atoms with Gasteiger partial charge in [0.05, 0.1) is 5.56 Å². The lowest BCUT2D eigenvalue weighted by molar-refractivity contribution is 0.0938. The largest absolute Gasteiger partial charge is 0.350 e. The highest BCUT2D eigenvalue weighted by Crippen LogP contribution is 2.09. The number of halogens is 1. The van der Waals surface area contributed by atoms with Gasteiger partial charge >= 0.3 is 0 Å². The molecule has 1 heterocycles. The molecule has 4 nitrogen and oxygen atoms in total. The summed E-state index contributed by atoms with van der Waals surface area (Å²) in [5, 5.41) is 2.97. The first-order valence-corrected chi connectivity index (χ1v) is 7.25. The van der Waals surface area contributed by atoms with Gasteiger partial charge in [-0.3, -0.25) is 4.79 Å². The third kappa shape index (κ3) is 5.70. The third-order valence-corrected chi connectivity index (χ3v) is 3.43. The molecule has 19 heavy (non-hydrogen) atoms. The van der Waals surface area contributed by atoms with Gasteiger partial charge in [0.1, 0.15) is 4.60 Å². The molecule has 1 rings (SSSR count). The van der Waals surface area contributed by atoms with E-state index < -0.39 is 0 Å². The van der Waals surface area contributed by atoms with E-state index in [9.17, 15) is 4.79 Å². The Morgan fingerprint density at radius 2 is 2.11 bits per heavy atom. The highest BCUT2D eigenvalue weighted by Gasteiger charge is 2.15. The zero-order valence-corrected chi connectivity index (χ0v) is 13.6. The molecule has 5 heteroatoms. The smallest absolute Gasteiger partial charge is 0.252 e. The van der Waals surface area contributed by atoms with E-state index in [1.807, 2.05) is 14.1 Å². The Kier molecular flexibility index (Phi) is 6.45. The van der Waals surface area contributed by atoms with E-state index in [1.165, 1.54) is 0 Å². The van der Waals surface area contributed by atoms with Gasteiger partial charge in [0.15, 0.2) is 0 Å². The lowest BCUT2D eigenvalue weighted by Gasteiger charge is -2.26. The van der Waals surface area contributed by atoms with Crippen molar-refractivity contribution in [1.82, 2.24) is 15.2 Å². The molecule has 0 saturated heterocycles. The summed E-state index contributed by atoms with van der Waals surface area (Å²) < 4.78 is 0.732. The normalized spacial score (nSPS) is 12.8. The molecule has 0 saturated carbocycles. The molecule has 0 bridgehead atoms. The number of likely N-dealkylation sites (N-methyl/N-ethyl adjacent to an activating group) is 1. The molecule has 0 aromatic carbocycles. The number of carbonyl (C=O) groups excluding carboxylic acids is 1. The summed E-state index contributed by atoms with van der Waals surface area (Å²) in [4.78, 5) is 18.2. The molecule has 0 aliphatic heterocycles. The van der Waals surface area contributed by atoms with Crippen LogP contribution in [0.4, 0.5) is 0 Å². The predicted octanol–water partition coefficient (Wildman–Crippen LogP) is 2.55. The molecule has 0 spiro atoms. The van der Waals surface area contributed by atoms with Crippen LogP contribution in [0, 0.1) is 5.92 Å². The number of nitrogens with zero attached hydrogens (tertiary/aromatic N) is 2. The summed E-state index contributed by atoms with van der Waals surface area (Å²) in [5.41, 5.74) is 0.588. The van der Waals surface area contributed by atoms with Crippen LogP contribution in [0.15, 0.2) is 22.9 Å². The summed E-state index contributed by atoms with van der Waals surface area (Å²) in [7, 11) is 4.08. The van der Waals surface area contributed by atoms with Crippen LogP contribution in [0.3, 0.4) is 0 Å². The molecular weight excluding hydrogens is 306 g/mol. The molecule has 0 fully saturated rings. The highest BCUT2D eigenvalue weighted by molar-refractivity contribution is 9.10. The summed E-state index contributed by atoms with van der Waals surface area (Å²) in [6.07, 6.45) is 2.64. The number of amides is 1. The van der Waals surface area contributed by atoms with E-state index >= 15 is 0 Å². The van der Waals surface area contributed by atoms with Crippen LogP contribution in [-0.2, 0) is 0 Å². The Labute approximate surface area is 123 Å². The SMILES string of the molecule is CC(C)CC(CNC(=O)c1ccc(Br)nc1)N(C)C. The molecule has 0 radical (unpaired) electrons. The molecule has 1 amide bonds. The van der Waals surface area contributed by atoms with E-state index in [1.54, 1.807) is 18.3 Å². The van der Waals surface area contributed by atoms with Crippen molar-refractivity contribution in [1.29, 1.82) is 0 Å². The Balaban J connectivity index is 2.54.